The van der Waals surface area contributed by atoms with E-state index in [-0.39, 0.29) is 5.82 Å². The SMILES string of the molecule is NC1(c2ccccc2-c2ccc(F)cc2)c2cc(Br)ccc2-c2c1ccc1c2oc2ccccc21. The maximum absolute atomic E-state index is 13.7. The Morgan fingerprint density at radius 3 is 2.31 bits per heavy atom. The third kappa shape index (κ3) is 2.84. The Morgan fingerprint density at radius 1 is 0.686 bits per heavy atom. The van der Waals surface area contributed by atoms with Crippen LogP contribution in [0.15, 0.2) is 112 Å². The van der Waals surface area contributed by atoms with Crippen molar-refractivity contribution in [2.24, 2.45) is 5.73 Å². The van der Waals surface area contributed by atoms with Gasteiger partial charge in [-0.1, -0.05) is 88.7 Å². The molecule has 2 nitrogen and oxygen atoms in total. The first-order valence-corrected chi connectivity index (χ1v) is 12.2. The molecule has 168 valence electrons. The fraction of sp³-hybridized carbons (Fsp3) is 0.0323. The molecule has 2 N–H and O–H groups in total. The van der Waals surface area contributed by atoms with E-state index in [2.05, 4.69) is 52.3 Å². The van der Waals surface area contributed by atoms with Crippen LogP contribution in [0.5, 0.6) is 0 Å². The van der Waals surface area contributed by atoms with Crippen LogP contribution < -0.4 is 5.73 Å². The second-order valence-corrected chi connectivity index (χ2v) is 9.93. The topological polar surface area (TPSA) is 39.2 Å². The van der Waals surface area contributed by atoms with E-state index in [1.807, 2.05) is 42.5 Å². The number of halogens is 2. The summed E-state index contributed by atoms with van der Waals surface area (Å²) in [6.45, 7) is 0. The van der Waals surface area contributed by atoms with E-state index < -0.39 is 5.54 Å². The predicted octanol–water partition coefficient (Wildman–Crippen LogP) is 8.39. The lowest BCUT2D eigenvalue weighted by atomic mass is 9.78. The molecule has 1 aliphatic rings. The van der Waals surface area contributed by atoms with Crippen molar-refractivity contribution in [2.75, 3.05) is 0 Å². The van der Waals surface area contributed by atoms with Crippen molar-refractivity contribution in [2.45, 2.75) is 5.54 Å². The van der Waals surface area contributed by atoms with Gasteiger partial charge in [-0.15, -0.1) is 0 Å². The highest BCUT2D eigenvalue weighted by Crippen LogP contribution is 2.54. The van der Waals surface area contributed by atoms with Gasteiger partial charge in [0.05, 0.1) is 5.54 Å². The summed E-state index contributed by atoms with van der Waals surface area (Å²) in [6, 6.07) is 33.3. The molecule has 6 aromatic rings. The molecule has 1 unspecified atom stereocenters. The van der Waals surface area contributed by atoms with Gasteiger partial charge in [-0.2, -0.15) is 0 Å². The van der Waals surface area contributed by atoms with E-state index in [9.17, 15) is 4.39 Å². The quantitative estimate of drug-likeness (QED) is 0.249. The minimum absolute atomic E-state index is 0.263. The minimum atomic E-state index is -0.924. The van der Waals surface area contributed by atoms with Crippen molar-refractivity contribution in [3.63, 3.8) is 0 Å². The molecule has 5 aromatic carbocycles. The second-order valence-electron chi connectivity index (χ2n) is 9.01. The van der Waals surface area contributed by atoms with Crippen molar-refractivity contribution in [3.8, 4) is 22.3 Å². The number of furan rings is 1. The molecule has 0 aliphatic heterocycles. The number of hydrogen-bond donors (Lipinski definition) is 1. The van der Waals surface area contributed by atoms with Gasteiger partial charge >= 0.3 is 0 Å². The van der Waals surface area contributed by atoms with Crippen LogP contribution in [0.2, 0.25) is 0 Å². The minimum Gasteiger partial charge on any atom is -0.455 e. The molecule has 0 bridgehead atoms. The van der Waals surface area contributed by atoms with Crippen LogP contribution in [0.1, 0.15) is 16.7 Å². The Labute approximate surface area is 209 Å². The number of rotatable bonds is 2. The summed E-state index contributed by atoms with van der Waals surface area (Å²) in [5.74, 6) is -0.263. The van der Waals surface area contributed by atoms with Gasteiger partial charge in [-0.25, -0.2) is 4.39 Å². The molecule has 1 aromatic heterocycles. The number of fused-ring (bicyclic) bond motifs is 7. The maximum Gasteiger partial charge on any atom is 0.143 e. The summed E-state index contributed by atoms with van der Waals surface area (Å²) in [6.07, 6.45) is 0. The fourth-order valence-corrected chi connectivity index (χ4v) is 5.95. The Balaban J connectivity index is 1.59. The summed E-state index contributed by atoms with van der Waals surface area (Å²) in [5.41, 5.74) is 15.2. The molecular weight excluding hydrogens is 501 g/mol. The smallest absolute Gasteiger partial charge is 0.143 e. The number of para-hydroxylation sites is 1. The number of hydrogen-bond acceptors (Lipinski definition) is 2. The molecule has 0 amide bonds. The van der Waals surface area contributed by atoms with Crippen LogP contribution in [0.4, 0.5) is 4.39 Å². The molecule has 1 heterocycles. The van der Waals surface area contributed by atoms with Crippen LogP contribution in [0.25, 0.3) is 44.2 Å². The van der Waals surface area contributed by atoms with Gasteiger partial charge in [0.2, 0.25) is 0 Å². The number of benzene rings is 5. The molecule has 4 heteroatoms. The largest absolute Gasteiger partial charge is 0.455 e. The van der Waals surface area contributed by atoms with Crippen LogP contribution in [-0.2, 0) is 5.54 Å². The molecular formula is C31H19BrFNO. The highest BCUT2D eigenvalue weighted by molar-refractivity contribution is 9.10. The van der Waals surface area contributed by atoms with E-state index in [1.165, 1.54) is 12.1 Å². The Morgan fingerprint density at radius 2 is 1.46 bits per heavy atom. The zero-order valence-electron chi connectivity index (χ0n) is 18.6. The molecule has 0 radical (unpaired) electrons. The van der Waals surface area contributed by atoms with E-state index in [0.29, 0.717) is 0 Å². The fourth-order valence-electron chi connectivity index (χ4n) is 5.59. The summed E-state index contributed by atoms with van der Waals surface area (Å²) >= 11 is 3.66. The third-order valence-electron chi connectivity index (χ3n) is 7.15. The summed E-state index contributed by atoms with van der Waals surface area (Å²) < 4.78 is 21.1. The summed E-state index contributed by atoms with van der Waals surface area (Å²) in [5, 5.41) is 2.16. The number of nitrogens with two attached hydrogens (primary N) is 1. The molecule has 0 fully saturated rings. The van der Waals surface area contributed by atoms with Gasteiger partial charge in [-0.05, 0) is 63.7 Å². The van der Waals surface area contributed by atoms with Gasteiger partial charge in [0, 0.05) is 20.8 Å². The average molecular weight is 520 g/mol. The second kappa shape index (κ2) is 7.38. The predicted molar refractivity (Wildman–Crippen MR) is 143 cm³/mol. The first-order valence-electron chi connectivity index (χ1n) is 11.4. The Kier molecular flexibility index (Phi) is 4.35. The lowest BCUT2D eigenvalue weighted by Crippen LogP contribution is -2.37. The van der Waals surface area contributed by atoms with Gasteiger partial charge in [0.1, 0.15) is 17.0 Å². The monoisotopic (exact) mass is 519 g/mol. The first kappa shape index (κ1) is 20.6. The normalized spacial score (nSPS) is 16.5. The molecule has 1 aliphatic carbocycles. The molecule has 0 saturated carbocycles. The van der Waals surface area contributed by atoms with E-state index in [0.717, 1.165) is 65.4 Å². The molecule has 35 heavy (non-hydrogen) atoms. The van der Waals surface area contributed by atoms with Crippen LogP contribution in [0.3, 0.4) is 0 Å². The van der Waals surface area contributed by atoms with Crippen molar-refractivity contribution < 1.29 is 8.81 Å². The van der Waals surface area contributed by atoms with Gasteiger partial charge in [0.25, 0.3) is 0 Å². The van der Waals surface area contributed by atoms with Crippen molar-refractivity contribution in [1.82, 2.24) is 0 Å². The first-order chi connectivity index (χ1) is 17.1. The van der Waals surface area contributed by atoms with E-state index in [1.54, 1.807) is 12.1 Å². The highest BCUT2D eigenvalue weighted by Gasteiger charge is 2.44. The van der Waals surface area contributed by atoms with Gasteiger partial charge in [0.15, 0.2) is 0 Å². The summed E-state index contributed by atoms with van der Waals surface area (Å²) in [7, 11) is 0. The lowest BCUT2D eigenvalue weighted by molar-refractivity contribution is 0.628. The Bertz CT molecular complexity index is 1790. The van der Waals surface area contributed by atoms with Crippen LogP contribution >= 0.6 is 15.9 Å². The molecule has 7 rings (SSSR count). The third-order valence-corrected chi connectivity index (χ3v) is 7.65. The molecule has 0 spiro atoms. The zero-order chi connectivity index (χ0) is 23.7. The van der Waals surface area contributed by atoms with Gasteiger partial charge < -0.3 is 10.2 Å². The summed E-state index contributed by atoms with van der Waals surface area (Å²) in [4.78, 5) is 0. The lowest BCUT2D eigenvalue weighted by Gasteiger charge is -2.30. The maximum atomic E-state index is 13.7. The van der Waals surface area contributed by atoms with Gasteiger partial charge in [-0.3, -0.25) is 0 Å². The van der Waals surface area contributed by atoms with Crippen molar-refractivity contribution in [3.05, 3.63) is 130 Å². The van der Waals surface area contributed by atoms with E-state index >= 15 is 0 Å². The standard InChI is InChI=1S/C31H19BrFNO/c32-19-11-14-24-27(17-19)31(34,25-7-3-1-5-21(25)18-9-12-20(33)13-10-18)26-16-15-23-22-6-2-4-8-28(22)35-30(23)29(24)26/h1-17H,34H2. The van der Waals surface area contributed by atoms with Crippen molar-refractivity contribution >= 4 is 37.9 Å². The van der Waals surface area contributed by atoms with Crippen LogP contribution in [0, 0.1) is 5.82 Å². The van der Waals surface area contributed by atoms with Crippen molar-refractivity contribution in [1.29, 1.82) is 0 Å². The van der Waals surface area contributed by atoms with E-state index in [4.69, 9.17) is 10.2 Å². The highest BCUT2D eigenvalue weighted by atomic mass is 79.9. The molecule has 1 atom stereocenters. The van der Waals surface area contributed by atoms with Crippen LogP contribution in [-0.4, -0.2) is 0 Å². The average Bonchev–Trinajstić information content (AvgIpc) is 3.38. The molecule has 0 saturated heterocycles. The zero-order valence-corrected chi connectivity index (χ0v) is 20.1. The Hall–Kier alpha value is -3.73.